The van der Waals surface area contributed by atoms with Crippen molar-refractivity contribution in [3.05, 3.63) is 35.0 Å². The summed E-state index contributed by atoms with van der Waals surface area (Å²) in [6.45, 7) is 5.09. The number of hydrogen-bond donors (Lipinski definition) is 2. The molecule has 0 bridgehead atoms. The summed E-state index contributed by atoms with van der Waals surface area (Å²) in [4.78, 5) is 12.3. The lowest BCUT2D eigenvalue weighted by molar-refractivity contribution is 0.0919. The van der Waals surface area contributed by atoms with E-state index in [-0.39, 0.29) is 17.9 Å². The van der Waals surface area contributed by atoms with E-state index in [4.69, 9.17) is 9.26 Å². The lowest BCUT2D eigenvalue weighted by Crippen LogP contribution is -2.40. The Morgan fingerprint density at radius 1 is 1.43 bits per heavy atom. The van der Waals surface area contributed by atoms with E-state index in [2.05, 4.69) is 27.6 Å². The van der Waals surface area contributed by atoms with Gasteiger partial charge in [-0.3, -0.25) is 9.89 Å². The van der Waals surface area contributed by atoms with E-state index in [1.165, 1.54) is 0 Å². The topological polar surface area (TPSA) is 93.0 Å². The van der Waals surface area contributed by atoms with Gasteiger partial charge in [0.05, 0.1) is 24.9 Å². The molecular weight excluding hydrogens is 296 g/mol. The molecule has 1 amide bonds. The van der Waals surface area contributed by atoms with Crippen molar-refractivity contribution < 1.29 is 14.1 Å². The Balaban J connectivity index is 1.60. The van der Waals surface area contributed by atoms with E-state index in [1.54, 1.807) is 0 Å². The standard InChI is InChI=1S/C16H22N4O3/c1-3-4-12-7-14(19-18-12)16(21)17-15-9-22-8-11(15)6-13-5-10(2)20-23-13/h5,7,11,15H,3-4,6,8-9H2,1-2H3,(H,17,21)(H,18,19). The molecule has 1 aliphatic rings. The molecule has 2 atom stereocenters. The largest absolute Gasteiger partial charge is 0.379 e. The van der Waals surface area contributed by atoms with Crippen LogP contribution in [0.15, 0.2) is 16.7 Å². The van der Waals surface area contributed by atoms with Crippen LogP contribution in [0.5, 0.6) is 0 Å². The van der Waals surface area contributed by atoms with Gasteiger partial charge in [-0.05, 0) is 19.4 Å². The maximum atomic E-state index is 12.3. The first-order valence-electron chi connectivity index (χ1n) is 8.00. The zero-order valence-corrected chi connectivity index (χ0v) is 13.5. The van der Waals surface area contributed by atoms with Crippen molar-refractivity contribution in [1.82, 2.24) is 20.7 Å². The first kappa shape index (κ1) is 15.7. The molecule has 2 N–H and O–H groups in total. The van der Waals surface area contributed by atoms with Gasteiger partial charge >= 0.3 is 0 Å². The SMILES string of the molecule is CCCc1cc(C(=O)NC2COCC2Cc2cc(C)no2)n[nH]1. The van der Waals surface area contributed by atoms with Gasteiger partial charge in [-0.25, -0.2) is 0 Å². The Morgan fingerprint density at radius 3 is 3.04 bits per heavy atom. The molecule has 0 radical (unpaired) electrons. The van der Waals surface area contributed by atoms with Gasteiger partial charge in [-0.1, -0.05) is 18.5 Å². The average Bonchev–Trinajstić information content (AvgIpc) is 3.23. The number of ether oxygens (including phenoxy) is 1. The number of nitrogens with zero attached hydrogens (tertiary/aromatic N) is 2. The molecule has 7 heteroatoms. The second kappa shape index (κ2) is 6.95. The quantitative estimate of drug-likeness (QED) is 0.844. The zero-order valence-electron chi connectivity index (χ0n) is 13.5. The van der Waals surface area contributed by atoms with Gasteiger partial charge in [0.25, 0.3) is 5.91 Å². The van der Waals surface area contributed by atoms with Crippen molar-refractivity contribution in [2.45, 2.75) is 39.2 Å². The van der Waals surface area contributed by atoms with Crippen LogP contribution in [-0.4, -0.2) is 40.5 Å². The van der Waals surface area contributed by atoms with Crippen LogP contribution < -0.4 is 5.32 Å². The molecule has 3 rings (SSSR count). The molecular formula is C16H22N4O3. The van der Waals surface area contributed by atoms with Crippen LogP contribution in [0, 0.1) is 12.8 Å². The number of nitrogens with one attached hydrogen (secondary N) is 2. The maximum Gasteiger partial charge on any atom is 0.272 e. The highest BCUT2D eigenvalue weighted by Crippen LogP contribution is 2.20. The summed E-state index contributed by atoms with van der Waals surface area (Å²) in [6.07, 6.45) is 2.60. The molecule has 7 nitrogen and oxygen atoms in total. The molecule has 0 aliphatic carbocycles. The van der Waals surface area contributed by atoms with Crippen LogP contribution in [0.25, 0.3) is 0 Å². The summed E-state index contributed by atoms with van der Waals surface area (Å²) in [5, 5.41) is 13.9. The third-order valence-corrected chi connectivity index (χ3v) is 4.04. The highest BCUT2D eigenvalue weighted by atomic mass is 16.5. The van der Waals surface area contributed by atoms with Gasteiger partial charge < -0.3 is 14.6 Å². The predicted octanol–water partition coefficient (Wildman–Crippen LogP) is 1.65. The maximum absolute atomic E-state index is 12.3. The molecule has 1 aliphatic heterocycles. The fourth-order valence-electron chi connectivity index (χ4n) is 2.85. The van der Waals surface area contributed by atoms with Gasteiger partial charge in [0, 0.05) is 24.1 Å². The minimum absolute atomic E-state index is 0.0424. The van der Waals surface area contributed by atoms with Crippen LogP contribution in [-0.2, 0) is 17.6 Å². The van der Waals surface area contributed by atoms with Gasteiger partial charge in [0.15, 0.2) is 0 Å². The Hall–Kier alpha value is -2.15. The summed E-state index contributed by atoms with van der Waals surface area (Å²) in [5.74, 6) is 0.834. The number of H-pyrrole nitrogens is 1. The molecule has 1 saturated heterocycles. The fraction of sp³-hybridized carbons (Fsp3) is 0.562. The zero-order chi connectivity index (χ0) is 16.2. The Morgan fingerprint density at radius 2 is 2.30 bits per heavy atom. The van der Waals surface area contributed by atoms with E-state index in [1.807, 2.05) is 19.1 Å². The molecule has 0 spiro atoms. The lowest BCUT2D eigenvalue weighted by atomic mass is 9.98. The normalized spacial score (nSPS) is 20.8. The van der Waals surface area contributed by atoms with Crippen LogP contribution in [0.4, 0.5) is 0 Å². The van der Waals surface area contributed by atoms with E-state index in [9.17, 15) is 4.79 Å². The van der Waals surface area contributed by atoms with Crippen LogP contribution >= 0.6 is 0 Å². The third-order valence-electron chi connectivity index (χ3n) is 4.04. The molecule has 2 aromatic heterocycles. The Bertz CT molecular complexity index is 664. The second-order valence-corrected chi connectivity index (χ2v) is 6.04. The van der Waals surface area contributed by atoms with Crippen molar-refractivity contribution in [1.29, 1.82) is 0 Å². The molecule has 2 unspecified atom stereocenters. The number of hydrogen-bond acceptors (Lipinski definition) is 5. The predicted molar refractivity (Wildman–Crippen MR) is 83.1 cm³/mol. The third kappa shape index (κ3) is 3.79. The average molecular weight is 318 g/mol. The minimum atomic E-state index is -0.169. The van der Waals surface area contributed by atoms with E-state index >= 15 is 0 Å². The highest BCUT2D eigenvalue weighted by molar-refractivity contribution is 5.92. The molecule has 0 aromatic carbocycles. The van der Waals surface area contributed by atoms with Gasteiger partial charge in [0.2, 0.25) is 0 Å². The monoisotopic (exact) mass is 318 g/mol. The molecule has 124 valence electrons. The second-order valence-electron chi connectivity index (χ2n) is 6.04. The number of amides is 1. The molecule has 0 saturated carbocycles. The van der Waals surface area contributed by atoms with Crippen molar-refractivity contribution >= 4 is 5.91 Å². The summed E-state index contributed by atoms with van der Waals surface area (Å²) in [6, 6.07) is 3.69. The number of carbonyl (C=O) groups excluding carboxylic acids is 1. The number of aromatic nitrogens is 3. The van der Waals surface area contributed by atoms with Gasteiger partial charge in [0.1, 0.15) is 11.5 Å². The molecule has 2 aromatic rings. The van der Waals surface area contributed by atoms with Gasteiger partial charge in [-0.2, -0.15) is 5.10 Å². The van der Waals surface area contributed by atoms with Crippen molar-refractivity contribution in [2.75, 3.05) is 13.2 Å². The molecule has 1 fully saturated rings. The number of rotatable bonds is 6. The van der Waals surface area contributed by atoms with Crippen molar-refractivity contribution in [3.63, 3.8) is 0 Å². The molecule has 23 heavy (non-hydrogen) atoms. The first-order valence-corrected chi connectivity index (χ1v) is 8.00. The van der Waals surface area contributed by atoms with E-state index in [0.29, 0.717) is 25.3 Å². The van der Waals surface area contributed by atoms with Crippen LogP contribution in [0.3, 0.4) is 0 Å². The lowest BCUT2D eigenvalue weighted by Gasteiger charge is -2.17. The summed E-state index contributed by atoms with van der Waals surface area (Å²) in [5.41, 5.74) is 2.27. The Labute approximate surface area is 134 Å². The van der Waals surface area contributed by atoms with E-state index < -0.39 is 0 Å². The van der Waals surface area contributed by atoms with Crippen LogP contribution in [0.2, 0.25) is 0 Å². The summed E-state index contributed by atoms with van der Waals surface area (Å²) < 4.78 is 10.8. The smallest absolute Gasteiger partial charge is 0.272 e. The highest BCUT2D eigenvalue weighted by Gasteiger charge is 2.31. The number of carbonyl (C=O) groups is 1. The fourth-order valence-corrected chi connectivity index (χ4v) is 2.85. The molecule has 3 heterocycles. The van der Waals surface area contributed by atoms with E-state index in [0.717, 1.165) is 30.0 Å². The Kier molecular flexibility index (Phi) is 4.76. The van der Waals surface area contributed by atoms with Crippen molar-refractivity contribution in [2.24, 2.45) is 5.92 Å². The van der Waals surface area contributed by atoms with Gasteiger partial charge in [-0.15, -0.1) is 0 Å². The minimum Gasteiger partial charge on any atom is -0.379 e. The first-order chi connectivity index (χ1) is 11.2. The number of aryl methyl sites for hydroxylation is 2. The number of aromatic amines is 1. The summed E-state index contributed by atoms with van der Waals surface area (Å²) >= 11 is 0. The summed E-state index contributed by atoms with van der Waals surface area (Å²) in [7, 11) is 0. The van der Waals surface area contributed by atoms with Crippen molar-refractivity contribution in [3.8, 4) is 0 Å². The van der Waals surface area contributed by atoms with Crippen LogP contribution in [0.1, 0.15) is 41.0 Å².